The third kappa shape index (κ3) is 3.50. The van der Waals surface area contributed by atoms with E-state index in [9.17, 15) is 14.7 Å². The Bertz CT molecular complexity index is 698. The third-order valence-electron chi connectivity index (χ3n) is 4.22. The number of carboxylic acids is 1. The number of benzene rings is 1. The normalized spacial score (nSPS) is 21.5. The number of carbonyl (C=O) groups excluding carboxylic acids is 1. The summed E-state index contributed by atoms with van der Waals surface area (Å²) >= 11 is 3.01. The van der Waals surface area contributed by atoms with Crippen LogP contribution in [-0.2, 0) is 9.59 Å². The molecule has 1 fully saturated rings. The Hall–Kier alpha value is -1.60. The molecular formula is C16H18N2O3S2. The van der Waals surface area contributed by atoms with Crippen LogP contribution in [0.2, 0.25) is 0 Å². The van der Waals surface area contributed by atoms with E-state index in [4.69, 9.17) is 0 Å². The number of para-hydroxylation sites is 1. The van der Waals surface area contributed by atoms with Crippen LogP contribution in [0.4, 0.5) is 0 Å². The summed E-state index contributed by atoms with van der Waals surface area (Å²) in [6.45, 7) is 2.47. The summed E-state index contributed by atoms with van der Waals surface area (Å²) in [7, 11) is 0. The maximum absolute atomic E-state index is 12.5. The fourth-order valence-electron chi connectivity index (χ4n) is 2.94. The van der Waals surface area contributed by atoms with Crippen LogP contribution in [0.5, 0.6) is 0 Å². The SMILES string of the molecule is C[C@@H]1[C@H](C(=O)O)CCCN1C(=O)CSc1nc2ccccc2s1. The monoisotopic (exact) mass is 350 g/mol. The lowest BCUT2D eigenvalue weighted by atomic mass is 9.90. The van der Waals surface area contributed by atoms with Crippen LogP contribution in [0.15, 0.2) is 28.6 Å². The van der Waals surface area contributed by atoms with Crippen molar-refractivity contribution in [2.75, 3.05) is 12.3 Å². The Balaban J connectivity index is 1.63. The predicted octanol–water partition coefficient (Wildman–Crippen LogP) is 3.10. The van der Waals surface area contributed by atoms with Crippen molar-refractivity contribution in [1.29, 1.82) is 0 Å². The van der Waals surface area contributed by atoms with E-state index in [1.165, 1.54) is 11.8 Å². The molecule has 0 spiro atoms. The first-order valence-electron chi connectivity index (χ1n) is 7.57. The molecule has 0 saturated carbocycles. The van der Waals surface area contributed by atoms with Crippen LogP contribution >= 0.6 is 23.1 Å². The average Bonchev–Trinajstić information content (AvgIpc) is 2.95. The molecule has 5 nitrogen and oxygen atoms in total. The number of hydrogen-bond acceptors (Lipinski definition) is 5. The first-order valence-corrected chi connectivity index (χ1v) is 9.37. The number of likely N-dealkylation sites (tertiary alicyclic amines) is 1. The number of carboxylic acid groups (broad SMARTS) is 1. The fraction of sp³-hybridized carbons (Fsp3) is 0.438. The van der Waals surface area contributed by atoms with E-state index in [1.807, 2.05) is 31.2 Å². The minimum atomic E-state index is -0.811. The number of hydrogen-bond donors (Lipinski definition) is 1. The Morgan fingerprint density at radius 2 is 2.22 bits per heavy atom. The molecule has 1 N–H and O–H groups in total. The number of aromatic nitrogens is 1. The molecule has 122 valence electrons. The van der Waals surface area contributed by atoms with E-state index in [1.54, 1.807) is 16.2 Å². The van der Waals surface area contributed by atoms with Gasteiger partial charge < -0.3 is 10.0 Å². The summed E-state index contributed by atoms with van der Waals surface area (Å²) < 4.78 is 1.98. The van der Waals surface area contributed by atoms with Gasteiger partial charge in [-0.1, -0.05) is 23.9 Å². The van der Waals surface area contributed by atoms with E-state index in [2.05, 4.69) is 4.98 Å². The molecule has 7 heteroatoms. The highest BCUT2D eigenvalue weighted by molar-refractivity contribution is 8.01. The molecule has 1 saturated heterocycles. The number of thiazole rings is 1. The molecule has 23 heavy (non-hydrogen) atoms. The van der Waals surface area contributed by atoms with Gasteiger partial charge in [0.05, 0.1) is 21.9 Å². The van der Waals surface area contributed by atoms with Gasteiger partial charge in [-0.05, 0) is 31.9 Å². The van der Waals surface area contributed by atoms with Gasteiger partial charge in [-0.15, -0.1) is 11.3 Å². The highest BCUT2D eigenvalue weighted by Gasteiger charge is 2.35. The highest BCUT2D eigenvalue weighted by Crippen LogP contribution is 2.30. The van der Waals surface area contributed by atoms with Crippen molar-refractivity contribution in [3.05, 3.63) is 24.3 Å². The minimum absolute atomic E-state index is 0.00675. The molecule has 1 aromatic heterocycles. The first kappa shape index (κ1) is 16.3. The van der Waals surface area contributed by atoms with Crippen molar-refractivity contribution >= 4 is 45.2 Å². The van der Waals surface area contributed by atoms with Gasteiger partial charge in [0.1, 0.15) is 0 Å². The maximum Gasteiger partial charge on any atom is 0.308 e. The number of thioether (sulfide) groups is 1. The predicted molar refractivity (Wildman–Crippen MR) is 91.9 cm³/mol. The molecule has 1 aliphatic rings. The van der Waals surface area contributed by atoms with Gasteiger partial charge in [0, 0.05) is 12.6 Å². The lowest BCUT2D eigenvalue weighted by Gasteiger charge is -2.37. The molecule has 2 aromatic rings. The van der Waals surface area contributed by atoms with Gasteiger partial charge in [0.15, 0.2) is 4.34 Å². The molecule has 2 heterocycles. The molecule has 1 amide bonds. The molecule has 0 unspecified atom stereocenters. The van der Waals surface area contributed by atoms with Gasteiger partial charge >= 0.3 is 5.97 Å². The zero-order valence-electron chi connectivity index (χ0n) is 12.8. The second-order valence-electron chi connectivity index (χ2n) is 5.65. The molecule has 0 aliphatic carbocycles. The van der Waals surface area contributed by atoms with Crippen LogP contribution in [0.25, 0.3) is 10.2 Å². The largest absolute Gasteiger partial charge is 0.481 e. The van der Waals surface area contributed by atoms with Gasteiger partial charge in [0.2, 0.25) is 5.91 Å². The smallest absolute Gasteiger partial charge is 0.308 e. The fourth-order valence-corrected chi connectivity index (χ4v) is 4.90. The molecule has 3 rings (SSSR count). The van der Waals surface area contributed by atoms with Crippen LogP contribution in [-0.4, -0.2) is 45.2 Å². The highest BCUT2D eigenvalue weighted by atomic mass is 32.2. The third-order valence-corrected chi connectivity index (χ3v) is 6.38. The van der Waals surface area contributed by atoms with Crippen LogP contribution in [0.1, 0.15) is 19.8 Å². The van der Waals surface area contributed by atoms with Crippen LogP contribution < -0.4 is 0 Å². The zero-order valence-corrected chi connectivity index (χ0v) is 14.4. The Kier molecular flexibility index (Phi) is 4.87. The summed E-state index contributed by atoms with van der Waals surface area (Å²) in [5, 5.41) is 9.25. The number of fused-ring (bicyclic) bond motifs is 1. The van der Waals surface area contributed by atoms with E-state index >= 15 is 0 Å². The van der Waals surface area contributed by atoms with Gasteiger partial charge in [-0.3, -0.25) is 9.59 Å². The summed E-state index contributed by atoms with van der Waals surface area (Å²) in [6, 6.07) is 7.65. The minimum Gasteiger partial charge on any atom is -0.481 e. The van der Waals surface area contributed by atoms with Gasteiger partial charge in [-0.2, -0.15) is 0 Å². The number of piperidine rings is 1. The summed E-state index contributed by atoms with van der Waals surface area (Å²) in [4.78, 5) is 29.9. The Labute approximate surface area is 142 Å². The molecule has 2 atom stereocenters. The number of rotatable bonds is 4. The zero-order chi connectivity index (χ0) is 16.4. The number of amides is 1. The lowest BCUT2D eigenvalue weighted by molar-refractivity contribution is -0.148. The first-order chi connectivity index (χ1) is 11.1. The lowest BCUT2D eigenvalue weighted by Crippen LogP contribution is -2.49. The van der Waals surface area contributed by atoms with Gasteiger partial charge in [0.25, 0.3) is 0 Å². The second-order valence-corrected chi connectivity index (χ2v) is 7.90. The Morgan fingerprint density at radius 1 is 1.43 bits per heavy atom. The number of carbonyl (C=O) groups is 2. The topological polar surface area (TPSA) is 70.5 Å². The standard InChI is InChI=1S/C16H18N2O3S2/c1-10-11(15(20)21)5-4-8-18(10)14(19)9-22-16-17-12-6-2-3-7-13(12)23-16/h2-3,6-7,10-11H,4-5,8-9H2,1H3,(H,20,21)/t10-,11-/m1/s1. The number of nitrogens with zero attached hydrogens (tertiary/aromatic N) is 2. The second kappa shape index (κ2) is 6.88. The quantitative estimate of drug-likeness (QED) is 0.858. The van der Waals surface area contributed by atoms with Crippen molar-refractivity contribution in [2.24, 2.45) is 5.92 Å². The van der Waals surface area contributed by atoms with E-state index < -0.39 is 11.9 Å². The van der Waals surface area contributed by atoms with Crippen molar-refractivity contribution < 1.29 is 14.7 Å². The molecule has 1 aliphatic heterocycles. The average molecular weight is 350 g/mol. The summed E-state index contributed by atoms with van der Waals surface area (Å²) in [5.74, 6) is -0.974. The molecular weight excluding hydrogens is 332 g/mol. The molecule has 0 bridgehead atoms. The van der Waals surface area contributed by atoms with E-state index in [-0.39, 0.29) is 11.9 Å². The van der Waals surface area contributed by atoms with E-state index in [0.29, 0.717) is 18.7 Å². The molecule has 0 radical (unpaired) electrons. The van der Waals surface area contributed by atoms with Crippen LogP contribution in [0, 0.1) is 5.92 Å². The Morgan fingerprint density at radius 3 is 2.96 bits per heavy atom. The molecule has 1 aromatic carbocycles. The maximum atomic E-state index is 12.5. The van der Waals surface area contributed by atoms with Gasteiger partial charge in [-0.25, -0.2) is 4.98 Å². The van der Waals surface area contributed by atoms with Crippen molar-refractivity contribution in [1.82, 2.24) is 9.88 Å². The van der Waals surface area contributed by atoms with Crippen molar-refractivity contribution in [3.63, 3.8) is 0 Å². The van der Waals surface area contributed by atoms with Crippen molar-refractivity contribution in [3.8, 4) is 0 Å². The van der Waals surface area contributed by atoms with Crippen LogP contribution in [0.3, 0.4) is 0 Å². The summed E-state index contributed by atoms with van der Waals surface area (Å²) in [5.41, 5.74) is 0.949. The number of aliphatic carboxylic acids is 1. The van der Waals surface area contributed by atoms with E-state index in [0.717, 1.165) is 21.0 Å². The summed E-state index contributed by atoms with van der Waals surface area (Å²) in [6.07, 6.45) is 1.39. The van der Waals surface area contributed by atoms with Crippen molar-refractivity contribution in [2.45, 2.75) is 30.1 Å².